The summed E-state index contributed by atoms with van der Waals surface area (Å²) in [7, 11) is 1.61. The maximum Gasteiger partial charge on any atom is 0.263 e. The van der Waals surface area contributed by atoms with Gasteiger partial charge in [0.05, 0.1) is 5.69 Å². The minimum Gasteiger partial charge on any atom is -0.354 e. The molecule has 0 spiro atoms. The van der Waals surface area contributed by atoms with Gasteiger partial charge in [-0.3, -0.25) is 4.79 Å². The molecule has 0 saturated carbocycles. The first-order valence-electron chi connectivity index (χ1n) is 7.84. The van der Waals surface area contributed by atoms with E-state index in [1.807, 2.05) is 32.9 Å². The van der Waals surface area contributed by atoms with E-state index in [2.05, 4.69) is 31.7 Å². The largest absolute Gasteiger partial charge is 0.354 e. The summed E-state index contributed by atoms with van der Waals surface area (Å²) in [6, 6.07) is 7.99. The van der Waals surface area contributed by atoms with Crippen LogP contribution in [0.4, 0.5) is 11.6 Å². The highest BCUT2D eigenvalue weighted by Crippen LogP contribution is 2.27. The Kier molecular flexibility index (Phi) is 4.76. The molecule has 0 saturated heterocycles. The molecule has 2 heterocycles. The van der Waals surface area contributed by atoms with E-state index in [0.29, 0.717) is 27.2 Å². The average molecular weight is 353 g/mol. The molecule has 128 valence electrons. The van der Waals surface area contributed by atoms with Crippen molar-refractivity contribution >= 4 is 28.9 Å². The third-order valence-corrected chi connectivity index (χ3v) is 4.76. The zero-order chi connectivity index (χ0) is 18.0. The molecule has 0 fully saturated rings. The predicted molar refractivity (Wildman–Crippen MR) is 100 cm³/mol. The van der Waals surface area contributed by atoms with Gasteiger partial charge in [0.2, 0.25) is 5.95 Å². The number of amides is 1. The topological polar surface area (TPSA) is 79.8 Å². The number of benzene rings is 1. The van der Waals surface area contributed by atoms with Gasteiger partial charge >= 0.3 is 0 Å². The summed E-state index contributed by atoms with van der Waals surface area (Å²) in [5, 5.41) is 6.55. The van der Waals surface area contributed by atoms with E-state index in [9.17, 15) is 4.79 Å². The highest BCUT2D eigenvalue weighted by molar-refractivity contribution is 7.17. The van der Waals surface area contributed by atoms with E-state index in [0.717, 1.165) is 5.69 Å². The summed E-state index contributed by atoms with van der Waals surface area (Å²) in [4.78, 5) is 25.7. The van der Waals surface area contributed by atoms with Gasteiger partial charge in [0.1, 0.15) is 15.6 Å². The lowest BCUT2D eigenvalue weighted by Crippen LogP contribution is -2.17. The van der Waals surface area contributed by atoms with Crippen molar-refractivity contribution in [2.24, 2.45) is 0 Å². The van der Waals surface area contributed by atoms with Gasteiger partial charge in [-0.1, -0.05) is 6.07 Å². The lowest BCUT2D eigenvalue weighted by Gasteiger charge is -2.07. The summed E-state index contributed by atoms with van der Waals surface area (Å²) in [6.07, 6.45) is 1.68. The first-order chi connectivity index (χ1) is 12.0. The number of anilines is 2. The Labute approximate surface area is 150 Å². The fraction of sp³-hybridized carbons (Fsp3) is 0.222. The van der Waals surface area contributed by atoms with Crippen LogP contribution >= 0.6 is 11.3 Å². The first-order valence-corrected chi connectivity index (χ1v) is 8.66. The number of nitrogens with one attached hydrogen (secondary N) is 2. The number of carbonyl (C=O) groups is 1. The van der Waals surface area contributed by atoms with Gasteiger partial charge in [0.15, 0.2) is 0 Å². The first kappa shape index (κ1) is 17.0. The van der Waals surface area contributed by atoms with E-state index in [-0.39, 0.29) is 5.91 Å². The second kappa shape index (κ2) is 6.98. The molecule has 0 aliphatic rings. The third-order valence-electron chi connectivity index (χ3n) is 3.58. The quantitative estimate of drug-likeness (QED) is 0.749. The highest BCUT2D eigenvalue weighted by atomic mass is 32.1. The van der Waals surface area contributed by atoms with E-state index in [4.69, 9.17) is 0 Å². The molecule has 7 heteroatoms. The van der Waals surface area contributed by atoms with Gasteiger partial charge in [-0.15, -0.1) is 11.3 Å². The second-order valence-corrected chi connectivity index (χ2v) is 6.78. The molecule has 0 aliphatic heterocycles. The van der Waals surface area contributed by atoms with Crippen molar-refractivity contribution in [1.82, 2.24) is 20.3 Å². The Balaban J connectivity index is 1.90. The molecule has 3 aromatic rings. The number of hydrogen-bond acceptors (Lipinski definition) is 6. The summed E-state index contributed by atoms with van der Waals surface area (Å²) in [5.74, 6) is 0.362. The molecule has 0 radical (unpaired) electrons. The molecular weight excluding hydrogens is 334 g/mol. The molecule has 1 aromatic carbocycles. The fourth-order valence-corrected chi connectivity index (χ4v) is 3.53. The fourth-order valence-electron chi connectivity index (χ4n) is 2.54. The summed E-state index contributed by atoms with van der Waals surface area (Å²) >= 11 is 1.32. The average Bonchev–Trinajstić information content (AvgIpc) is 2.95. The number of aryl methyl sites for hydroxylation is 3. The van der Waals surface area contributed by atoms with Crippen molar-refractivity contribution in [2.45, 2.75) is 20.8 Å². The maximum atomic E-state index is 11.9. The normalized spacial score (nSPS) is 10.6. The smallest absolute Gasteiger partial charge is 0.263 e. The van der Waals surface area contributed by atoms with Gasteiger partial charge in [0, 0.05) is 18.9 Å². The number of rotatable bonds is 4. The van der Waals surface area contributed by atoms with Crippen LogP contribution in [0.2, 0.25) is 0 Å². The Morgan fingerprint density at radius 3 is 2.48 bits per heavy atom. The van der Waals surface area contributed by atoms with E-state index in [1.54, 1.807) is 19.3 Å². The summed E-state index contributed by atoms with van der Waals surface area (Å²) in [6.45, 7) is 5.92. The van der Waals surface area contributed by atoms with Crippen LogP contribution in [0.25, 0.3) is 10.7 Å². The van der Waals surface area contributed by atoms with E-state index in [1.165, 1.54) is 22.5 Å². The standard InChI is InChI=1S/C18H19N5OS/c1-10-7-11(2)9-13(8-10)22-18-20-6-5-14(23-18)17-21-12(3)15(25-17)16(24)19-4/h5-9H,1-4H3,(H,19,24)(H,20,22,23). The number of aromatic nitrogens is 3. The minimum absolute atomic E-state index is 0.135. The second-order valence-electron chi connectivity index (χ2n) is 5.78. The van der Waals surface area contributed by atoms with Crippen molar-refractivity contribution in [1.29, 1.82) is 0 Å². The summed E-state index contributed by atoms with van der Waals surface area (Å²) in [5.41, 5.74) is 4.66. The van der Waals surface area contributed by atoms with Crippen molar-refractivity contribution < 1.29 is 4.79 Å². The molecular formula is C18H19N5OS. The number of carbonyl (C=O) groups excluding carboxylic acids is 1. The summed E-state index contributed by atoms with van der Waals surface area (Å²) < 4.78 is 0. The van der Waals surface area contributed by atoms with Crippen LogP contribution in [0.1, 0.15) is 26.5 Å². The Morgan fingerprint density at radius 2 is 1.80 bits per heavy atom. The van der Waals surface area contributed by atoms with Crippen LogP contribution in [-0.4, -0.2) is 27.9 Å². The molecule has 6 nitrogen and oxygen atoms in total. The third kappa shape index (κ3) is 3.83. The Hall–Kier alpha value is -2.80. The van der Waals surface area contributed by atoms with Gasteiger partial charge in [0.25, 0.3) is 5.91 Å². The Morgan fingerprint density at radius 1 is 1.08 bits per heavy atom. The van der Waals surface area contributed by atoms with Crippen LogP contribution < -0.4 is 10.6 Å². The van der Waals surface area contributed by atoms with Gasteiger partial charge in [-0.25, -0.2) is 15.0 Å². The van der Waals surface area contributed by atoms with Crippen molar-refractivity contribution in [2.75, 3.05) is 12.4 Å². The van der Waals surface area contributed by atoms with Crippen molar-refractivity contribution in [3.05, 3.63) is 52.2 Å². The van der Waals surface area contributed by atoms with Crippen LogP contribution in [0.3, 0.4) is 0 Å². The molecule has 25 heavy (non-hydrogen) atoms. The number of thiazole rings is 1. The monoisotopic (exact) mass is 353 g/mol. The maximum absolute atomic E-state index is 11.9. The van der Waals surface area contributed by atoms with Crippen molar-refractivity contribution in [3.8, 4) is 10.7 Å². The minimum atomic E-state index is -0.135. The number of nitrogens with zero attached hydrogens (tertiary/aromatic N) is 3. The van der Waals surface area contributed by atoms with Gasteiger partial charge in [-0.2, -0.15) is 0 Å². The van der Waals surface area contributed by atoms with Crippen molar-refractivity contribution in [3.63, 3.8) is 0 Å². The van der Waals surface area contributed by atoms with Gasteiger partial charge in [-0.05, 0) is 50.1 Å². The SMILES string of the molecule is CNC(=O)c1sc(-c2ccnc(Nc3cc(C)cc(C)c3)n2)nc1C. The van der Waals surface area contributed by atoms with Crippen LogP contribution in [0, 0.1) is 20.8 Å². The lowest BCUT2D eigenvalue weighted by molar-refractivity contribution is 0.0966. The molecule has 0 aliphatic carbocycles. The lowest BCUT2D eigenvalue weighted by atomic mass is 10.1. The molecule has 0 atom stereocenters. The molecule has 2 aromatic heterocycles. The molecule has 1 amide bonds. The molecule has 3 rings (SSSR count). The highest BCUT2D eigenvalue weighted by Gasteiger charge is 2.16. The van der Waals surface area contributed by atoms with Gasteiger partial charge < -0.3 is 10.6 Å². The predicted octanol–water partition coefficient (Wildman–Crippen LogP) is 3.63. The Bertz CT molecular complexity index is 915. The van der Waals surface area contributed by atoms with Crippen LogP contribution in [0.5, 0.6) is 0 Å². The van der Waals surface area contributed by atoms with E-state index < -0.39 is 0 Å². The van der Waals surface area contributed by atoms with Crippen LogP contribution in [-0.2, 0) is 0 Å². The zero-order valence-corrected chi connectivity index (χ0v) is 15.4. The zero-order valence-electron chi connectivity index (χ0n) is 14.5. The molecule has 2 N–H and O–H groups in total. The molecule has 0 bridgehead atoms. The van der Waals surface area contributed by atoms with E-state index >= 15 is 0 Å². The van der Waals surface area contributed by atoms with Crippen LogP contribution in [0.15, 0.2) is 30.5 Å². The number of hydrogen-bond donors (Lipinski definition) is 2. The molecule has 0 unspecified atom stereocenters.